The molecular weight excluding hydrogens is 370 g/mol. The van der Waals surface area contributed by atoms with Crippen LogP contribution >= 0.6 is 0 Å². The van der Waals surface area contributed by atoms with Gasteiger partial charge in [0, 0.05) is 57.7 Å². The predicted octanol–water partition coefficient (Wildman–Crippen LogP) is 1.49. The predicted molar refractivity (Wildman–Crippen MR) is 109 cm³/mol. The number of rotatable bonds is 5. The molecule has 9 heteroatoms. The molecule has 1 N–H and O–H groups in total. The minimum atomic E-state index is 0.124. The zero-order chi connectivity index (χ0) is 19.8. The first-order valence-electron chi connectivity index (χ1n) is 10.7. The van der Waals surface area contributed by atoms with Gasteiger partial charge in [0.1, 0.15) is 6.33 Å². The number of aromatic nitrogens is 4. The second-order valence-corrected chi connectivity index (χ2v) is 8.56. The van der Waals surface area contributed by atoms with Crippen molar-refractivity contribution in [3.63, 3.8) is 0 Å². The minimum Gasteiger partial charge on any atom is -0.383 e. The Morgan fingerprint density at radius 3 is 2.62 bits per heavy atom. The second-order valence-electron chi connectivity index (χ2n) is 8.56. The first kappa shape index (κ1) is 18.6. The van der Waals surface area contributed by atoms with Gasteiger partial charge in [-0.25, -0.2) is 19.7 Å². The van der Waals surface area contributed by atoms with Crippen molar-refractivity contribution in [3.8, 4) is 0 Å². The average molecular weight is 399 g/mol. The smallest absolute Gasteiger partial charge is 0.317 e. The van der Waals surface area contributed by atoms with Crippen LogP contribution in [0.2, 0.25) is 0 Å². The number of nitrogens with one attached hydrogen (secondary N) is 1. The molecule has 156 valence electrons. The number of likely N-dealkylation sites (tertiary alicyclic amines) is 1. The monoisotopic (exact) mass is 399 g/mol. The Hall–Kier alpha value is -2.42. The Balaban J connectivity index is 1.24. The maximum Gasteiger partial charge on any atom is 0.317 e. The van der Waals surface area contributed by atoms with Crippen LogP contribution in [0, 0.1) is 11.8 Å². The number of carbonyl (C=O) groups is 1. The Bertz CT molecular complexity index is 865. The van der Waals surface area contributed by atoms with Gasteiger partial charge in [-0.2, -0.15) is 0 Å². The lowest BCUT2D eigenvalue weighted by atomic mass is 10.0. The van der Waals surface area contributed by atoms with E-state index in [0.717, 1.165) is 62.5 Å². The van der Waals surface area contributed by atoms with E-state index in [4.69, 9.17) is 4.74 Å². The van der Waals surface area contributed by atoms with Crippen molar-refractivity contribution in [2.75, 3.05) is 44.8 Å². The summed E-state index contributed by atoms with van der Waals surface area (Å²) < 4.78 is 7.19. The third kappa shape index (κ3) is 3.52. The van der Waals surface area contributed by atoms with Crippen LogP contribution < -0.4 is 10.2 Å². The molecule has 0 spiro atoms. The fraction of sp³-hybridized carbons (Fsp3) is 0.700. The Morgan fingerprint density at radius 2 is 1.90 bits per heavy atom. The molecule has 2 aliphatic heterocycles. The molecule has 2 atom stereocenters. The van der Waals surface area contributed by atoms with Crippen molar-refractivity contribution < 1.29 is 9.53 Å². The van der Waals surface area contributed by atoms with Crippen molar-refractivity contribution in [3.05, 3.63) is 12.7 Å². The van der Waals surface area contributed by atoms with Gasteiger partial charge in [-0.05, 0) is 12.8 Å². The van der Waals surface area contributed by atoms with Crippen LogP contribution in [0.3, 0.4) is 0 Å². The number of hydrogen-bond donors (Lipinski definition) is 1. The number of imidazole rings is 1. The van der Waals surface area contributed by atoms with Gasteiger partial charge in [0.05, 0.1) is 12.9 Å². The molecule has 2 aromatic heterocycles. The summed E-state index contributed by atoms with van der Waals surface area (Å²) in [6.07, 6.45) is 8.16. The van der Waals surface area contributed by atoms with E-state index in [0.29, 0.717) is 24.5 Å². The number of ether oxygens (including phenoxy) is 1. The van der Waals surface area contributed by atoms with Crippen LogP contribution in [0.1, 0.15) is 25.7 Å². The molecular formula is C20H29N7O2. The number of nitrogens with zero attached hydrogens (tertiary/aromatic N) is 6. The molecule has 3 aliphatic rings. The highest BCUT2D eigenvalue weighted by Gasteiger charge is 2.42. The standard InChI is InChI=1S/C20H29N7O2/c1-29-7-6-25-13-23-17-18(25)21-12-22-19(17)26-8-14-10-27(11-15(14)9-26)20(28)24-16-4-2-3-5-16/h12-16H,2-11H2,1H3,(H,24,28). The summed E-state index contributed by atoms with van der Waals surface area (Å²) in [6.45, 7) is 4.83. The second kappa shape index (κ2) is 7.78. The Labute approximate surface area is 170 Å². The summed E-state index contributed by atoms with van der Waals surface area (Å²) in [5.74, 6) is 1.89. The van der Waals surface area contributed by atoms with Gasteiger partial charge in [0.2, 0.25) is 0 Å². The summed E-state index contributed by atoms with van der Waals surface area (Å²) in [5, 5.41) is 3.23. The van der Waals surface area contributed by atoms with Crippen LogP contribution in [0.15, 0.2) is 12.7 Å². The number of urea groups is 1. The molecule has 5 rings (SSSR count). The Kier molecular flexibility index (Phi) is 4.99. The van der Waals surface area contributed by atoms with Gasteiger partial charge in [-0.1, -0.05) is 12.8 Å². The maximum atomic E-state index is 12.6. The summed E-state index contributed by atoms with van der Waals surface area (Å²) >= 11 is 0. The molecule has 9 nitrogen and oxygen atoms in total. The van der Waals surface area contributed by atoms with Gasteiger partial charge >= 0.3 is 6.03 Å². The van der Waals surface area contributed by atoms with E-state index in [9.17, 15) is 4.79 Å². The third-order valence-electron chi connectivity index (χ3n) is 6.67. The highest BCUT2D eigenvalue weighted by Crippen LogP contribution is 2.35. The number of amides is 2. The van der Waals surface area contributed by atoms with E-state index in [1.165, 1.54) is 12.8 Å². The first-order chi connectivity index (χ1) is 14.2. The molecule has 2 unspecified atom stereocenters. The number of fused-ring (bicyclic) bond motifs is 2. The molecule has 4 heterocycles. The topological polar surface area (TPSA) is 88.4 Å². The summed E-state index contributed by atoms with van der Waals surface area (Å²) in [5.41, 5.74) is 1.70. The maximum absolute atomic E-state index is 12.6. The summed E-state index contributed by atoms with van der Waals surface area (Å²) in [4.78, 5) is 30.5. The number of anilines is 1. The molecule has 0 aromatic carbocycles. The molecule has 2 saturated heterocycles. The van der Waals surface area contributed by atoms with Crippen LogP contribution in [0.5, 0.6) is 0 Å². The normalized spacial score (nSPS) is 24.6. The highest BCUT2D eigenvalue weighted by atomic mass is 16.5. The van der Waals surface area contributed by atoms with E-state index in [1.54, 1.807) is 13.4 Å². The first-order valence-corrected chi connectivity index (χ1v) is 10.7. The summed E-state index contributed by atoms with van der Waals surface area (Å²) in [6, 6.07) is 0.501. The zero-order valence-corrected chi connectivity index (χ0v) is 17.0. The molecule has 0 bridgehead atoms. The van der Waals surface area contributed by atoms with Gasteiger partial charge in [0.25, 0.3) is 0 Å². The summed E-state index contributed by atoms with van der Waals surface area (Å²) in [7, 11) is 1.69. The third-order valence-corrected chi connectivity index (χ3v) is 6.67. The van der Waals surface area contributed by atoms with Gasteiger partial charge in [-0.15, -0.1) is 0 Å². The quantitative estimate of drug-likeness (QED) is 0.820. The van der Waals surface area contributed by atoms with Crippen molar-refractivity contribution >= 4 is 23.0 Å². The van der Waals surface area contributed by atoms with Crippen molar-refractivity contribution in [1.29, 1.82) is 0 Å². The molecule has 2 aromatic rings. The minimum absolute atomic E-state index is 0.124. The van der Waals surface area contributed by atoms with Gasteiger partial charge in [0.15, 0.2) is 17.0 Å². The van der Waals surface area contributed by atoms with Crippen LogP contribution in [0.4, 0.5) is 10.6 Å². The lowest BCUT2D eigenvalue weighted by molar-refractivity contribution is 0.188. The SMILES string of the molecule is COCCn1cnc2c(N3CC4CN(C(=O)NC5CCCC5)CC4C3)ncnc21. The molecule has 3 fully saturated rings. The molecule has 2 amide bonds. The van der Waals surface area contributed by atoms with Gasteiger partial charge < -0.3 is 24.4 Å². The molecule has 1 saturated carbocycles. The zero-order valence-electron chi connectivity index (χ0n) is 17.0. The Morgan fingerprint density at radius 1 is 1.14 bits per heavy atom. The van der Waals surface area contributed by atoms with Crippen LogP contribution in [-0.2, 0) is 11.3 Å². The van der Waals surface area contributed by atoms with E-state index in [1.807, 2.05) is 15.8 Å². The number of methoxy groups -OCH3 is 1. The largest absolute Gasteiger partial charge is 0.383 e. The van der Waals surface area contributed by atoms with E-state index >= 15 is 0 Å². The van der Waals surface area contributed by atoms with Crippen LogP contribution in [0.25, 0.3) is 11.2 Å². The van der Waals surface area contributed by atoms with Crippen molar-refractivity contribution in [2.24, 2.45) is 11.8 Å². The fourth-order valence-corrected chi connectivity index (χ4v) is 5.12. The van der Waals surface area contributed by atoms with Crippen molar-refractivity contribution in [2.45, 2.75) is 38.3 Å². The number of hydrogen-bond acceptors (Lipinski definition) is 6. The van der Waals surface area contributed by atoms with E-state index < -0.39 is 0 Å². The molecule has 1 aliphatic carbocycles. The lowest BCUT2D eigenvalue weighted by Crippen LogP contribution is -2.44. The van der Waals surface area contributed by atoms with Gasteiger partial charge in [-0.3, -0.25) is 0 Å². The fourth-order valence-electron chi connectivity index (χ4n) is 5.12. The molecule has 0 radical (unpaired) electrons. The van der Waals surface area contributed by atoms with Crippen LogP contribution in [-0.4, -0.2) is 76.4 Å². The highest BCUT2D eigenvalue weighted by molar-refractivity contribution is 5.83. The molecule has 29 heavy (non-hydrogen) atoms. The number of carbonyl (C=O) groups excluding carboxylic acids is 1. The van der Waals surface area contributed by atoms with E-state index in [-0.39, 0.29) is 6.03 Å². The average Bonchev–Trinajstić information content (AvgIpc) is 3.49. The van der Waals surface area contributed by atoms with E-state index in [2.05, 4.69) is 25.2 Å². The van der Waals surface area contributed by atoms with Crippen molar-refractivity contribution in [1.82, 2.24) is 29.7 Å². The lowest BCUT2D eigenvalue weighted by Gasteiger charge is -2.24.